The van der Waals surface area contributed by atoms with Crippen LogP contribution in [0.25, 0.3) is 5.95 Å². The number of imidazole rings is 1. The zero-order valence-electron chi connectivity index (χ0n) is 14.0. The van der Waals surface area contributed by atoms with Gasteiger partial charge < -0.3 is 10.6 Å². The highest BCUT2D eigenvalue weighted by molar-refractivity contribution is 6.31. The number of carbonyl (C=O) groups excluding carboxylic acids is 1. The maximum atomic E-state index is 12.1. The zero-order chi connectivity index (χ0) is 18.0. The molecule has 128 valence electrons. The van der Waals surface area contributed by atoms with Gasteiger partial charge >= 0.3 is 6.03 Å². The van der Waals surface area contributed by atoms with Crippen molar-refractivity contribution in [2.75, 3.05) is 10.6 Å². The van der Waals surface area contributed by atoms with Crippen LogP contribution in [-0.4, -0.2) is 25.6 Å². The molecule has 3 rings (SSSR count). The highest BCUT2D eigenvalue weighted by Gasteiger charge is 2.08. The van der Waals surface area contributed by atoms with Crippen LogP contribution >= 0.6 is 11.6 Å². The van der Waals surface area contributed by atoms with Gasteiger partial charge in [-0.1, -0.05) is 17.7 Å². The van der Waals surface area contributed by atoms with E-state index >= 15 is 0 Å². The van der Waals surface area contributed by atoms with E-state index in [9.17, 15) is 4.79 Å². The van der Waals surface area contributed by atoms with Crippen LogP contribution in [0.4, 0.5) is 16.2 Å². The zero-order valence-corrected chi connectivity index (χ0v) is 14.8. The van der Waals surface area contributed by atoms with E-state index in [0.717, 1.165) is 17.0 Å². The Bertz CT molecular complexity index is 919. The summed E-state index contributed by atoms with van der Waals surface area (Å²) in [7, 11) is 0. The van der Waals surface area contributed by atoms with Crippen molar-refractivity contribution in [1.82, 2.24) is 19.5 Å². The van der Waals surface area contributed by atoms with Gasteiger partial charge in [0.2, 0.25) is 5.95 Å². The molecule has 0 aliphatic carbocycles. The highest BCUT2D eigenvalue weighted by Crippen LogP contribution is 2.20. The summed E-state index contributed by atoms with van der Waals surface area (Å²) in [6.45, 7) is 5.76. The molecule has 3 aromatic rings. The maximum absolute atomic E-state index is 12.1. The number of nitrogens with zero attached hydrogens (tertiary/aromatic N) is 4. The summed E-state index contributed by atoms with van der Waals surface area (Å²) >= 11 is 6.05. The normalized spacial score (nSPS) is 10.6. The first-order valence-electron chi connectivity index (χ1n) is 7.61. The van der Waals surface area contributed by atoms with Crippen molar-refractivity contribution < 1.29 is 4.79 Å². The Morgan fingerprint density at radius 3 is 2.32 bits per heavy atom. The monoisotopic (exact) mass is 356 g/mol. The Morgan fingerprint density at radius 1 is 1.04 bits per heavy atom. The quantitative estimate of drug-likeness (QED) is 0.745. The summed E-state index contributed by atoms with van der Waals surface area (Å²) in [6, 6.07) is 4.92. The Balaban J connectivity index is 1.67. The number of urea groups is 1. The van der Waals surface area contributed by atoms with Gasteiger partial charge in [-0.3, -0.25) is 4.57 Å². The number of carbonyl (C=O) groups is 1. The van der Waals surface area contributed by atoms with E-state index < -0.39 is 6.03 Å². The van der Waals surface area contributed by atoms with Gasteiger partial charge in [0.15, 0.2) is 0 Å². The minimum atomic E-state index is -0.397. The topological polar surface area (TPSA) is 84.7 Å². The van der Waals surface area contributed by atoms with Crippen molar-refractivity contribution in [2.24, 2.45) is 0 Å². The van der Waals surface area contributed by atoms with Crippen LogP contribution in [0.15, 0.2) is 36.9 Å². The first kappa shape index (κ1) is 16.9. The van der Waals surface area contributed by atoms with E-state index in [1.54, 1.807) is 35.4 Å². The molecular formula is C17H17ClN6O. The van der Waals surface area contributed by atoms with Crippen molar-refractivity contribution in [3.8, 4) is 5.95 Å². The average molecular weight is 357 g/mol. The Labute approximate surface area is 150 Å². The number of rotatable bonds is 3. The van der Waals surface area contributed by atoms with Gasteiger partial charge in [-0.05, 0) is 38.5 Å². The van der Waals surface area contributed by atoms with Gasteiger partial charge in [0.05, 0.1) is 23.8 Å². The van der Waals surface area contributed by atoms with Crippen LogP contribution in [0.1, 0.15) is 17.0 Å². The molecule has 0 spiro atoms. The smallest absolute Gasteiger partial charge is 0.308 e. The Morgan fingerprint density at radius 2 is 1.72 bits per heavy atom. The third-order valence-electron chi connectivity index (χ3n) is 3.79. The highest BCUT2D eigenvalue weighted by atomic mass is 35.5. The second-order valence-electron chi connectivity index (χ2n) is 5.60. The molecule has 0 unspecified atom stereocenters. The number of nitrogens with one attached hydrogen (secondary N) is 2. The Kier molecular flexibility index (Phi) is 4.67. The van der Waals surface area contributed by atoms with E-state index in [1.807, 2.05) is 26.8 Å². The molecule has 2 amide bonds. The first-order valence-corrected chi connectivity index (χ1v) is 7.99. The predicted molar refractivity (Wildman–Crippen MR) is 97.5 cm³/mol. The molecule has 0 radical (unpaired) electrons. The van der Waals surface area contributed by atoms with Gasteiger partial charge in [-0.25, -0.2) is 19.7 Å². The summed E-state index contributed by atoms with van der Waals surface area (Å²) in [4.78, 5) is 24.8. The molecule has 8 heteroatoms. The summed E-state index contributed by atoms with van der Waals surface area (Å²) in [6.07, 6.45) is 4.75. The molecule has 0 aliphatic heterocycles. The number of amides is 2. The molecule has 0 saturated heterocycles. The van der Waals surface area contributed by atoms with Crippen molar-refractivity contribution in [1.29, 1.82) is 0 Å². The van der Waals surface area contributed by atoms with Gasteiger partial charge in [-0.2, -0.15) is 0 Å². The molecule has 1 aromatic carbocycles. The SMILES string of the molecule is Cc1ccc(NC(=O)Nc2cnc(-n3cnc(C)c3C)nc2)cc1Cl. The lowest BCUT2D eigenvalue weighted by atomic mass is 10.2. The molecular weight excluding hydrogens is 340 g/mol. The molecule has 0 bridgehead atoms. The minimum Gasteiger partial charge on any atom is -0.308 e. The average Bonchev–Trinajstić information content (AvgIpc) is 2.91. The number of hydrogen-bond donors (Lipinski definition) is 2. The fourth-order valence-corrected chi connectivity index (χ4v) is 2.36. The van der Waals surface area contributed by atoms with E-state index in [1.165, 1.54) is 0 Å². The van der Waals surface area contributed by atoms with E-state index in [2.05, 4.69) is 25.6 Å². The number of hydrogen-bond acceptors (Lipinski definition) is 4. The van der Waals surface area contributed by atoms with Crippen LogP contribution in [0, 0.1) is 20.8 Å². The number of benzene rings is 1. The van der Waals surface area contributed by atoms with E-state index in [0.29, 0.717) is 22.3 Å². The number of anilines is 2. The van der Waals surface area contributed by atoms with Crippen molar-refractivity contribution in [3.05, 3.63) is 58.9 Å². The number of aromatic nitrogens is 4. The lowest BCUT2D eigenvalue weighted by Crippen LogP contribution is -2.19. The molecule has 25 heavy (non-hydrogen) atoms. The summed E-state index contributed by atoms with van der Waals surface area (Å²) < 4.78 is 1.79. The molecule has 7 nitrogen and oxygen atoms in total. The minimum absolute atomic E-state index is 0.397. The second-order valence-corrected chi connectivity index (χ2v) is 6.01. The van der Waals surface area contributed by atoms with Crippen molar-refractivity contribution in [2.45, 2.75) is 20.8 Å². The molecule has 0 fully saturated rings. The molecule has 0 aliphatic rings. The van der Waals surface area contributed by atoms with Gasteiger partial charge in [0.1, 0.15) is 6.33 Å². The van der Waals surface area contributed by atoms with Crippen LogP contribution in [0.3, 0.4) is 0 Å². The lowest BCUT2D eigenvalue weighted by molar-refractivity contribution is 0.262. The van der Waals surface area contributed by atoms with Crippen molar-refractivity contribution in [3.63, 3.8) is 0 Å². The largest absolute Gasteiger partial charge is 0.323 e. The summed E-state index contributed by atoms with van der Waals surface area (Å²) in [5, 5.41) is 5.99. The maximum Gasteiger partial charge on any atom is 0.323 e. The molecule has 0 atom stereocenters. The van der Waals surface area contributed by atoms with Crippen LogP contribution in [0.5, 0.6) is 0 Å². The van der Waals surface area contributed by atoms with Crippen molar-refractivity contribution >= 4 is 29.0 Å². The molecule has 2 heterocycles. The fourth-order valence-electron chi connectivity index (χ4n) is 2.17. The van der Waals surface area contributed by atoms with Gasteiger partial charge in [0.25, 0.3) is 0 Å². The third-order valence-corrected chi connectivity index (χ3v) is 4.20. The number of aryl methyl sites for hydroxylation is 2. The standard InChI is InChI=1S/C17H17ClN6O/c1-10-4-5-13(6-15(10)18)22-17(25)23-14-7-19-16(20-8-14)24-9-21-11(2)12(24)3/h4-9H,1-3H3,(H2,22,23,25). The third kappa shape index (κ3) is 3.77. The molecule has 0 saturated carbocycles. The van der Waals surface area contributed by atoms with Crippen LogP contribution < -0.4 is 10.6 Å². The number of halogens is 1. The Hall–Kier alpha value is -2.93. The fraction of sp³-hybridized carbons (Fsp3) is 0.176. The second kappa shape index (κ2) is 6.90. The first-order chi connectivity index (χ1) is 11.9. The van der Waals surface area contributed by atoms with Gasteiger partial charge in [0, 0.05) is 16.4 Å². The van der Waals surface area contributed by atoms with E-state index in [4.69, 9.17) is 11.6 Å². The molecule has 2 N–H and O–H groups in total. The van der Waals surface area contributed by atoms with Crippen LogP contribution in [0.2, 0.25) is 5.02 Å². The summed E-state index contributed by atoms with van der Waals surface area (Å²) in [5.41, 5.74) is 3.92. The van der Waals surface area contributed by atoms with Gasteiger partial charge in [-0.15, -0.1) is 0 Å². The van der Waals surface area contributed by atoms with Crippen LogP contribution in [-0.2, 0) is 0 Å². The lowest BCUT2D eigenvalue weighted by Gasteiger charge is -2.09. The predicted octanol–water partition coefficient (Wildman–Crippen LogP) is 3.88. The summed E-state index contributed by atoms with van der Waals surface area (Å²) in [5.74, 6) is 0.495. The van der Waals surface area contributed by atoms with E-state index in [-0.39, 0.29) is 0 Å². The molecule has 2 aromatic heterocycles.